The first-order valence-corrected chi connectivity index (χ1v) is 8.55. The molecule has 4 rings (SSSR count). The number of benzene rings is 2. The lowest BCUT2D eigenvalue weighted by Gasteiger charge is -2.17. The fraction of sp³-hybridized carbons (Fsp3) is 0.211. The average Bonchev–Trinajstić information content (AvgIpc) is 3.25. The van der Waals surface area contributed by atoms with Gasteiger partial charge in [-0.2, -0.15) is 4.98 Å². The summed E-state index contributed by atoms with van der Waals surface area (Å²) >= 11 is 6.17. The van der Waals surface area contributed by atoms with Crippen LogP contribution in [0.4, 0.5) is 10.1 Å². The third-order valence-corrected chi connectivity index (χ3v) is 4.90. The molecule has 1 saturated heterocycles. The Morgan fingerprint density at radius 2 is 2.00 bits per heavy atom. The lowest BCUT2D eigenvalue weighted by Crippen LogP contribution is -2.24. The molecule has 0 saturated carbocycles. The van der Waals surface area contributed by atoms with E-state index in [1.807, 2.05) is 19.1 Å². The highest BCUT2D eigenvalue weighted by atomic mass is 35.5. The molecular weight excluding hydrogens is 357 g/mol. The second-order valence-corrected chi connectivity index (χ2v) is 6.71. The molecule has 1 aliphatic rings. The van der Waals surface area contributed by atoms with Crippen LogP contribution in [-0.2, 0) is 4.79 Å². The van der Waals surface area contributed by atoms with Gasteiger partial charge in [-0.1, -0.05) is 22.8 Å². The van der Waals surface area contributed by atoms with Gasteiger partial charge < -0.3 is 9.42 Å². The van der Waals surface area contributed by atoms with E-state index in [0.29, 0.717) is 35.3 Å². The van der Waals surface area contributed by atoms with Gasteiger partial charge in [-0.3, -0.25) is 4.79 Å². The van der Waals surface area contributed by atoms with Crippen LogP contribution in [0.5, 0.6) is 0 Å². The van der Waals surface area contributed by atoms with Crippen molar-refractivity contribution in [3.05, 3.63) is 64.7 Å². The summed E-state index contributed by atoms with van der Waals surface area (Å²) in [5, 5.41) is 4.63. The number of hydrogen-bond donors (Lipinski definition) is 0. The van der Waals surface area contributed by atoms with E-state index in [9.17, 15) is 9.18 Å². The van der Waals surface area contributed by atoms with Gasteiger partial charge >= 0.3 is 0 Å². The van der Waals surface area contributed by atoms with Crippen LogP contribution in [0.15, 0.2) is 47.0 Å². The summed E-state index contributed by atoms with van der Waals surface area (Å²) in [7, 11) is 0. The summed E-state index contributed by atoms with van der Waals surface area (Å²) in [5.74, 6) is 0.272. The number of anilines is 1. The van der Waals surface area contributed by atoms with Gasteiger partial charge in [-0.15, -0.1) is 0 Å². The number of aromatic nitrogens is 2. The number of rotatable bonds is 3. The van der Waals surface area contributed by atoms with E-state index < -0.39 is 0 Å². The Morgan fingerprint density at radius 1 is 1.23 bits per heavy atom. The number of carbonyl (C=O) groups is 1. The molecule has 0 aliphatic carbocycles. The Bertz CT molecular complexity index is 971. The maximum atomic E-state index is 13.0. The first-order valence-electron chi connectivity index (χ1n) is 8.17. The van der Waals surface area contributed by atoms with Gasteiger partial charge in [0.05, 0.1) is 0 Å². The number of aryl methyl sites for hydroxylation is 1. The van der Waals surface area contributed by atoms with Gasteiger partial charge in [0.1, 0.15) is 5.82 Å². The molecule has 7 heteroatoms. The van der Waals surface area contributed by atoms with Crippen molar-refractivity contribution in [2.45, 2.75) is 19.3 Å². The lowest BCUT2D eigenvalue weighted by molar-refractivity contribution is -0.117. The molecule has 1 fully saturated rings. The normalized spacial score (nSPS) is 17.1. The minimum absolute atomic E-state index is 0.0111. The van der Waals surface area contributed by atoms with Gasteiger partial charge in [0.15, 0.2) is 5.82 Å². The van der Waals surface area contributed by atoms with Crippen LogP contribution >= 0.6 is 11.6 Å². The number of hydrogen-bond acceptors (Lipinski definition) is 4. The monoisotopic (exact) mass is 371 g/mol. The van der Waals surface area contributed by atoms with Crippen LogP contribution in [0, 0.1) is 12.7 Å². The molecule has 1 atom stereocenters. The fourth-order valence-electron chi connectivity index (χ4n) is 2.99. The van der Waals surface area contributed by atoms with E-state index in [1.165, 1.54) is 12.1 Å². The van der Waals surface area contributed by atoms with Crippen molar-refractivity contribution >= 4 is 23.2 Å². The van der Waals surface area contributed by atoms with E-state index in [0.717, 1.165) is 11.3 Å². The van der Waals surface area contributed by atoms with Gasteiger partial charge in [-0.25, -0.2) is 4.39 Å². The maximum absolute atomic E-state index is 13.0. The van der Waals surface area contributed by atoms with Crippen molar-refractivity contribution in [1.29, 1.82) is 0 Å². The second kappa shape index (κ2) is 6.53. The number of nitrogens with zero attached hydrogens (tertiary/aromatic N) is 3. The summed E-state index contributed by atoms with van der Waals surface area (Å²) in [4.78, 5) is 18.5. The molecule has 5 nitrogen and oxygen atoms in total. The van der Waals surface area contributed by atoms with E-state index in [1.54, 1.807) is 23.1 Å². The molecule has 0 radical (unpaired) electrons. The number of amides is 1. The molecule has 26 heavy (non-hydrogen) atoms. The summed E-state index contributed by atoms with van der Waals surface area (Å²) in [6.45, 7) is 2.37. The molecule has 3 aromatic rings. The van der Waals surface area contributed by atoms with Crippen molar-refractivity contribution in [3.63, 3.8) is 0 Å². The van der Waals surface area contributed by atoms with Crippen molar-refractivity contribution in [2.75, 3.05) is 11.4 Å². The zero-order valence-electron chi connectivity index (χ0n) is 13.9. The minimum Gasteiger partial charge on any atom is -0.334 e. The van der Waals surface area contributed by atoms with Gasteiger partial charge in [-0.05, 0) is 48.9 Å². The summed E-state index contributed by atoms with van der Waals surface area (Å²) in [5.41, 5.74) is 2.35. The number of carbonyl (C=O) groups excluding carboxylic acids is 1. The molecule has 0 bridgehead atoms. The predicted molar refractivity (Wildman–Crippen MR) is 95.6 cm³/mol. The largest absolute Gasteiger partial charge is 0.334 e. The number of halogens is 2. The van der Waals surface area contributed by atoms with E-state index in [-0.39, 0.29) is 17.6 Å². The highest BCUT2D eigenvalue weighted by molar-refractivity contribution is 6.31. The molecular formula is C19H15ClFN3O2. The quantitative estimate of drug-likeness (QED) is 0.686. The molecule has 0 N–H and O–H groups in total. The van der Waals surface area contributed by atoms with Crippen molar-refractivity contribution < 1.29 is 13.7 Å². The average molecular weight is 372 g/mol. The topological polar surface area (TPSA) is 59.2 Å². The lowest BCUT2D eigenvalue weighted by atomic mass is 10.1. The van der Waals surface area contributed by atoms with Crippen LogP contribution in [-0.4, -0.2) is 22.6 Å². The first-order chi connectivity index (χ1) is 12.5. The predicted octanol–water partition coefficient (Wildman–Crippen LogP) is 4.36. The molecule has 2 aromatic carbocycles. The SMILES string of the molecule is Cc1ccc(N2CC(c3noc(-c4ccc(F)cc4)n3)CC2=O)cc1Cl. The Labute approximate surface area is 154 Å². The fourth-order valence-corrected chi connectivity index (χ4v) is 3.16. The third-order valence-electron chi connectivity index (χ3n) is 4.49. The minimum atomic E-state index is -0.331. The van der Waals surface area contributed by atoms with Gasteiger partial charge in [0.2, 0.25) is 5.91 Å². The second-order valence-electron chi connectivity index (χ2n) is 6.30. The third kappa shape index (κ3) is 3.08. The molecule has 2 heterocycles. The summed E-state index contributed by atoms with van der Waals surface area (Å²) < 4.78 is 18.3. The van der Waals surface area contributed by atoms with Gasteiger partial charge in [0.25, 0.3) is 5.89 Å². The zero-order chi connectivity index (χ0) is 18.3. The molecule has 1 amide bonds. The highest BCUT2D eigenvalue weighted by Gasteiger charge is 2.34. The standard InChI is InChI=1S/C19H15ClFN3O2/c1-11-2-7-15(9-16(11)20)24-10-13(8-17(24)25)18-22-19(26-23-18)12-3-5-14(21)6-4-12/h2-7,9,13H,8,10H2,1H3. The Balaban J connectivity index is 1.55. The summed E-state index contributed by atoms with van der Waals surface area (Å²) in [6, 6.07) is 11.4. The van der Waals surface area contributed by atoms with Crippen molar-refractivity contribution in [1.82, 2.24) is 10.1 Å². The molecule has 0 spiro atoms. The van der Waals surface area contributed by atoms with E-state index in [2.05, 4.69) is 10.1 Å². The Kier molecular flexibility index (Phi) is 4.20. The van der Waals surface area contributed by atoms with Crippen LogP contribution < -0.4 is 4.90 Å². The highest BCUT2D eigenvalue weighted by Crippen LogP contribution is 2.33. The van der Waals surface area contributed by atoms with Crippen LogP contribution in [0.25, 0.3) is 11.5 Å². The Morgan fingerprint density at radius 3 is 2.73 bits per heavy atom. The van der Waals surface area contributed by atoms with Crippen LogP contribution in [0.3, 0.4) is 0 Å². The van der Waals surface area contributed by atoms with Crippen LogP contribution in [0.2, 0.25) is 5.02 Å². The van der Waals surface area contributed by atoms with E-state index >= 15 is 0 Å². The summed E-state index contributed by atoms with van der Waals surface area (Å²) in [6.07, 6.45) is 0.299. The maximum Gasteiger partial charge on any atom is 0.257 e. The molecule has 132 valence electrons. The van der Waals surface area contributed by atoms with Crippen molar-refractivity contribution in [2.24, 2.45) is 0 Å². The smallest absolute Gasteiger partial charge is 0.257 e. The molecule has 1 aliphatic heterocycles. The van der Waals surface area contributed by atoms with E-state index in [4.69, 9.17) is 16.1 Å². The van der Waals surface area contributed by atoms with Crippen LogP contribution in [0.1, 0.15) is 23.7 Å². The molecule has 1 unspecified atom stereocenters. The van der Waals surface area contributed by atoms with Gasteiger partial charge in [0, 0.05) is 35.2 Å². The van der Waals surface area contributed by atoms with Crippen molar-refractivity contribution in [3.8, 4) is 11.5 Å². The Hall–Kier alpha value is -2.73. The molecule has 1 aromatic heterocycles. The zero-order valence-corrected chi connectivity index (χ0v) is 14.7. The first kappa shape index (κ1) is 16.7.